The Morgan fingerprint density at radius 3 is 1.17 bits per heavy atom. The molecule has 0 atom stereocenters. The van der Waals surface area contributed by atoms with Crippen LogP contribution in [-0.2, 0) is 0 Å². The van der Waals surface area contributed by atoms with Gasteiger partial charge >= 0.3 is 0 Å². The van der Waals surface area contributed by atoms with Crippen LogP contribution in [0.15, 0.2) is 194 Å². The van der Waals surface area contributed by atoms with E-state index < -0.39 is 0 Å². The summed E-state index contributed by atoms with van der Waals surface area (Å²) < 4.78 is 1.26. The maximum atomic E-state index is 2.34. The zero-order valence-corrected chi connectivity index (χ0v) is 26.6. The lowest BCUT2D eigenvalue weighted by Gasteiger charge is -2.25. The summed E-state index contributed by atoms with van der Waals surface area (Å²) in [6.07, 6.45) is 0. The fourth-order valence-electron chi connectivity index (χ4n) is 6.28. The quantitative estimate of drug-likeness (QED) is 0.167. The second kappa shape index (κ2) is 12.8. The van der Waals surface area contributed by atoms with Gasteiger partial charge in [0.15, 0.2) is 0 Å². The van der Waals surface area contributed by atoms with E-state index in [1.165, 1.54) is 31.7 Å². The summed E-state index contributed by atoms with van der Waals surface area (Å²) in [5.41, 5.74) is 10.5. The summed E-state index contributed by atoms with van der Waals surface area (Å²) in [6, 6.07) is 69.0. The smallest absolute Gasteiger partial charge is 0.0476 e. The van der Waals surface area contributed by atoms with Gasteiger partial charge in [0.25, 0.3) is 0 Å². The van der Waals surface area contributed by atoms with E-state index in [0.717, 1.165) is 34.1 Å². The minimum absolute atomic E-state index is 1.12. The van der Waals surface area contributed by atoms with Crippen molar-refractivity contribution in [3.63, 3.8) is 0 Å². The van der Waals surface area contributed by atoms with Gasteiger partial charge in [0.2, 0.25) is 0 Å². The first-order valence-corrected chi connectivity index (χ1v) is 16.7. The summed E-state index contributed by atoms with van der Waals surface area (Å²) in [5.74, 6) is 0. The number of hydrogen-bond acceptors (Lipinski definition) is 3. The third kappa shape index (κ3) is 5.69. The van der Waals surface area contributed by atoms with Crippen LogP contribution in [0.1, 0.15) is 0 Å². The standard InChI is InChI=1S/C44H32N2S/c1-6-16-33(17-7-1)43-41-31-30-40(46(37-22-12-4-13-23-37)38-24-14-5-15-25-38)32-42(41)47-44(43)34-26-28-39(29-27-34)45(35-18-8-2-9-19-35)36-20-10-3-11-21-36/h1-32H. The average Bonchev–Trinajstić information content (AvgIpc) is 3.53. The van der Waals surface area contributed by atoms with Crippen molar-refractivity contribution in [1.82, 2.24) is 0 Å². The van der Waals surface area contributed by atoms with Gasteiger partial charge in [0, 0.05) is 54.7 Å². The molecule has 224 valence electrons. The highest BCUT2D eigenvalue weighted by atomic mass is 32.1. The number of rotatable bonds is 8. The molecule has 0 saturated heterocycles. The van der Waals surface area contributed by atoms with Gasteiger partial charge in [0.1, 0.15) is 0 Å². The highest BCUT2D eigenvalue weighted by Crippen LogP contribution is 2.47. The van der Waals surface area contributed by atoms with Crippen molar-refractivity contribution in [3.8, 4) is 21.6 Å². The minimum Gasteiger partial charge on any atom is -0.311 e. The normalized spacial score (nSPS) is 11.0. The molecule has 0 saturated carbocycles. The SMILES string of the molecule is c1ccc(-c2c(-c3ccc(N(c4ccccc4)c4ccccc4)cc3)sc3cc(N(c4ccccc4)c4ccccc4)ccc23)cc1. The Kier molecular flexibility index (Phi) is 7.80. The van der Waals surface area contributed by atoms with Gasteiger partial charge in [-0.2, -0.15) is 0 Å². The molecule has 0 unspecified atom stereocenters. The van der Waals surface area contributed by atoms with Crippen molar-refractivity contribution >= 4 is 55.5 Å². The Morgan fingerprint density at radius 2 is 0.702 bits per heavy atom. The number of benzene rings is 7. The van der Waals surface area contributed by atoms with Gasteiger partial charge in [-0.3, -0.25) is 0 Å². The first kappa shape index (κ1) is 28.6. The monoisotopic (exact) mass is 620 g/mol. The molecule has 0 aliphatic rings. The number of thiophene rings is 1. The zero-order chi connectivity index (χ0) is 31.4. The molecule has 0 aliphatic heterocycles. The number of hydrogen-bond donors (Lipinski definition) is 0. The van der Waals surface area contributed by atoms with Crippen LogP contribution in [0.4, 0.5) is 34.1 Å². The molecule has 0 radical (unpaired) electrons. The first-order valence-electron chi connectivity index (χ1n) is 15.9. The summed E-state index contributed by atoms with van der Waals surface area (Å²) >= 11 is 1.86. The lowest BCUT2D eigenvalue weighted by Crippen LogP contribution is -2.09. The van der Waals surface area contributed by atoms with E-state index in [1.54, 1.807) is 0 Å². The summed E-state index contributed by atoms with van der Waals surface area (Å²) in [4.78, 5) is 5.91. The van der Waals surface area contributed by atoms with Gasteiger partial charge in [-0.15, -0.1) is 11.3 Å². The first-order chi connectivity index (χ1) is 23.3. The van der Waals surface area contributed by atoms with E-state index in [0.29, 0.717) is 0 Å². The largest absolute Gasteiger partial charge is 0.311 e. The van der Waals surface area contributed by atoms with Crippen molar-refractivity contribution in [2.45, 2.75) is 0 Å². The van der Waals surface area contributed by atoms with Crippen molar-refractivity contribution in [3.05, 3.63) is 194 Å². The predicted octanol–water partition coefficient (Wildman–Crippen LogP) is 13.2. The van der Waals surface area contributed by atoms with E-state index in [1.807, 2.05) is 11.3 Å². The molecule has 0 aliphatic carbocycles. The highest BCUT2D eigenvalue weighted by molar-refractivity contribution is 7.23. The van der Waals surface area contributed by atoms with Crippen LogP contribution in [0.3, 0.4) is 0 Å². The van der Waals surface area contributed by atoms with Crippen LogP contribution in [0, 0.1) is 0 Å². The third-order valence-electron chi connectivity index (χ3n) is 8.44. The minimum atomic E-state index is 1.12. The topological polar surface area (TPSA) is 6.48 Å². The lowest BCUT2D eigenvalue weighted by molar-refractivity contribution is 1.28. The summed E-state index contributed by atoms with van der Waals surface area (Å²) in [5, 5.41) is 1.26. The average molecular weight is 621 g/mol. The van der Waals surface area contributed by atoms with Gasteiger partial charge in [-0.1, -0.05) is 121 Å². The van der Waals surface area contributed by atoms with Crippen LogP contribution < -0.4 is 9.80 Å². The zero-order valence-electron chi connectivity index (χ0n) is 25.8. The summed E-state index contributed by atoms with van der Waals surface area (Å²) in [6.45, 7) is 0. The second-order valence-corrected chi connectivity index (χ2v) is 12.5. The van der Waals surface area contributed by atoms with Gasteiger partial charge in [-0.05, 0) is 83.9 Å². The van der Waals surface area contributed by atoms with Crippen LogP contribution >= 0.6 is 11.3 Å². The Morgan fingerprint density at radius 1 is 0.319 bits per heavy atom. The van der Waals surface area contributed by atoms with E-state index in [4.69, 9.17) is 0 Å². The Bertz CT molecular complexity index is 2130. The Labute approximate surface area is 280 Å². The van der Waals surface area contributed by atoms with Crippen molar-refractivity contribution < 1.29 is 0 Å². The number of para-hydroxylation sites is 4. The molecule has 0 bridgehead atoms. The molecular weight excluding hydrogens is 589 g/mol. The predicted molar refractivity (Wildman–Crippen MR) is 202 cm³/mol. The lowest BCUT2D eigenvalue weighted by atomic mass is 9.98. The highest BCUT2D eigenvalue weighted by Gasteiger charge is 2.20. The molecule has 0 amide bonds. The molecule has 7 aromatic carbocycles. The van der Waals surface area contributed by atoms with Gasteiger partial charge < -0.3 is 9.80 Å². The second-order valence-electron chi connectivity index (χ2n) is 11.4. The fourth-order valence-corrected chi connectivity index (χ4v) is 7.55. The molecule has 0 spiro atoms. The molecular formula is C44H32N2S. The molecule has 1 heterocycles. The number of nitrogens with zero attached hydrogens (tertiary/aromatic N) is 2. The molecule has 1 aromatic heterocycles. The molecule has 0 N–H and O–H groups in total. The van der Waals surface area contributed by atoms with Crippen molar-refractivity contribution in [2.24, 2.45) is 0 Å². The maximum Gasteiger partial charge on any atom is 0.0476 e. The van der Waals surface area contributed by atoms with Crippen LogP contribution in [0.2, 0.25) is 0 Å². The van der Waals surface area contributed by atoms with Crippen molar-refractivity contribution in [2.75, 3.05) is 9.80 Å². The van der Waals surface area contributed by atoms with E-state index in [2.05, 4.69) is 204 Å². The molecule has 3 heteroatoms. The molecule has 2 nitrogen and oxygen atoms in total. The van der Waals surface area contributed by atoms with E-state index in [9.17, 15) is 0 Å². The van der Waals surface area contributed by atoms with Gasteiger partial charge in [0.05, 0.1) is 0 Å². The van der Waals surface area contributed by atoms with Crippen LogP contribution in [-0.4, -0.2) is 0 Å². The summed E-state index contributed by atoms with van der Waals surface area (Å²) in [7, 11) is 0. The molecule has 8 rings (SSSR count). The molecule has 8 aromatic rings. The number of anilines is 6. The Balaban J connectivity index is 1.25. The van der Waals surface area contributed by atoms with Gasteiger partial charge in [-0.25, -0.2) is 0 Å². The van der Waals surface area contributed by atoms with E-state index in [-0.39, 0.29) is 0 Å². The molecule has 0 fully saturated rings. The third-order valence-corrected chi connectivity index (χ3v) is 9.64. The Hall–Kier alpha value is -5.90. The van der Waals surface area contributed by atoms with E-state index >= 15 is 0 Å². The number of fused-ring (bicyclic) bond motifs is 1. The van der Waals surface area contributed by atoms with Crippen LogP contribution in [0.25, 0.3) is 31.7 Å². The maximum absolute atomic E-state index is 2.34. The molecule has 47 heavy (non-hydrogen) atoms. The van der Waals surface area contributed by atoms with Crippen LogP contribution in [0.5, 0.6) is 0 Å². The fraction of sp³-hybridized carbons (Fsp3) is 0. The van der Waals surface area contributed by atoms with Crippen molar-refractivity contribution in [1.29, 1.82) is 0 Å².